The van der Waals surface area contributed by atoms with Gasteiger partial charge in [0.05, 0.1) is 6.21 Å². The van der Waals surface area contributed by atoms with Crippen LogP contribution in [-0.2, 0) is 0 Å². The van der Waals surface area contributed by atoms with Crippen LogP contribution in [0.3, 0.4) is 0 Å². The van der Waals surface area contributed by atoms with Crippen molar-refractivity contribution in [1.29, 1.82) is 0 Å². The fourth-order valence-electron chi connectivity index (χ4n) is 1.75. The lowest BCUT2D eigenvalue weighted by molar-refractivity contribution is 0.871. The quantitative estimate of drug-likeness (QED) is 0.593. The van der Waals surface area contributed by atoms with Crippen molar-refractivity contribution in [2.24, 2.45) is 5.10 Å². The molecule has 1 N–H and O–H groups in total. The normalized spacial score (nSPS) is 11.0. The van der Waals surface area contributed by atoms with Crippen molar-refractivity contribution in [2.45, 2.75) is 0 Å². The first kappa shape index (κ1) is 12.4. The Labute approximate surface area is 120 Å². The lowest BCUT2D eigenvalue weighted by Gasteiger charge is -2.00. The second-order valence-electron chi connectivity index (χ2n) is 4.06. The molecule has 0 radical (unpaired) electrons. The van der Waals surface area contributed by atoms with Gasteiger partial charge < -0.3 is 0 Å². The molecule has 6 heteroatoms. The molecule has 3 aromatic rings. The molecule has 0 aliphatic carbocycles. The van der Waals surface area contributed by atoms with Crippen molar-refractivity contribution in [3.05, 3.63) is 65.2 Å². The van der Waals surface area contributed by atoms with Crippen LogP contribution in [0.4, 0.5) is 0 Å². The number of H-pyrrole nitrogens is 1. The molecule has 0 aliphatic rings. The van der Waals surface area contributed by atoms with Crippen molar-refractivity contribution in [2.75, 3.05) is 0 Å². The van der Waals surface area contributed by atoms with Gasteiger partial charge in [-0.3, -0.25) is 4.98 Å². The summed E-state index contributed by atoms with van der Waals surface area (Å²) in [7, 11) is 0. The van der Waals surface area contributed by atoms with Crippen LogP contribution in [0.5, 0.6) is 0 Å². The molecular formula is C14H11N5S. The smallest absolute Gasteiger partial charge is 0.216 e. The molecule has 2 aromatic heterocycles. The molecule has 0 amide bonds. The minimum absolute atomic E-state index is 0.453. The van der Waals surface area contributed by atoms with E-state index in [9.17, 15) is 0 Å². The molecule has 0 saturated heterocycles. The molecule has 3 rings (SSSR count). The molecule has 0 saturated carbocycles. The van der Waals surface area contributed by atoms with Crippen LogP contribution in [-0.4, -0.2) is 26.1 Å². The Hall–Kier alpha value is -2.60. The Kier molecular flexibility index (Phi) is 3.47. The van der Waals surface area contributed by atoms with Crippen molar-refractivity contribution >= 4 is 18.4 Å². The predicted octanol–water partition coefficient (Wildman–Crippen LogP) is 2.88. The number of aromatic amines is 1. The maximum atomic E-state index is 5.21. The fraction of sp³-hybridized carbons (Fsp3) is 0. The van der Waals surface area contributed by atoms with Gasteiger partial charge in [0.25, 0.3) is 0 Å². The number of hydrogen-bond acceptors (Lipinski definition) is 4. The third-order valence-corrected chi connectivity index (χ3v) is 2.98. The average Bonchev–Trinajstić information content (AvgIpc) is 2.88. The molecule has 0 aliphatic heterocycles. The van der Waals surface area contributed by atoms with Crippen LogP contribution in [0, 0.1) is 4.77 Å². The highest BCUT2D eigenvalue weighted by molar-refractivity contribution is 7.71. The molecule has 1 aromatic carbocycles. The zero-order valence-electron chi connectivity index (χ0n) is 10.5. The number of aromatic nitrogens is 4. The first-order valence-electron chi connectivity index (χ1n) is 6.02. The highest BCUT2D eigenvalue weighted by Gasteiger charge is 2.06. The van der Waals surface area contributed by atoms with E-state index in [1.54, 1.807) is 23.3 Å². The Morgan fingerprint density at radius 1 is 1.10 bits per heavy atom. The molecule has 20 heavy (non-hydrogen) atoms. The summed E-state index contributed by atoms with van der Waals surface area (Å²) in [5.74, 6) is 0.681. The third kappa shape index (κ3) is 2.55. The van der Waals surface area contributed by atoms with Gasteiger partial charge in [0.2, 0.25) is 4.77 Å². The predicted molar refractivity (Wildman–Crippen MR) is 80.1 cm³/mol. The second-order valence-corrected chi connectivity index (χ2v) is 4.44. The van der Waals surface area contributed by atoms with Gasteiger partial charge in [-0.05, 0) is 29.9 Å². The van der Waals surface area contributed by atoms with Crippen LogP contribution >= 0.6 is 12.2 Å². The molecule has 98 valence electrons. The number of nitrogens with zero attached hydrogens (tertiary/aromatic N) is 4. The Balaban J connectivity index is 2.01. The van der Waals surface area contributed by atoms with E-state index in [4.69, 9.17) is 12.2 Å². The van der Waals surface area contributed by atoms with E-state index in [0.29, 0.717) is 10.6 Å². The summed E-state index contributed by atoms with van der Waals surface area (Å²) in [5, 5.41) is 11.4. The van der Waals surface area contributed by atoms with E-state index in [1.807, 2.05) is 42.5 Å². The van der Waals surface area contributed by atoms with Gasteiger partial charge >= 0.3 is 0 Å². The topological polar surface area (TPSA) is 58.9 Å². The Morgan fingerprint density at radius 3 is 2.60 bits per heavy atom. The third-order valence-electron chi connectivity index (χ3n) is 2.71. The number of benzene rings is 1. The molecule has 5 nitrogen and oxygen atoms in total. The van der Waals surface area contributed by atoms with Crippen molar-refractivity contribution in [1.82, 2.24) is 19.9 Å². The van der Waals surface area contributed by atoms with E-state index in [0.717, 1.165) is 11.1 Å². The van der Waals surface area contributed by atoms with Gasteiger partial charge in [-0.15, -0.1) is 0 Å². The van der Waals surface area contributed by atoms with E-state index in [2.05, 4.69) is 20.3 Å². The molecular weight excluding hydrogens is 270 g/mol. The van der Waals surface area contributed by atoms with Crippen LogP contribution in [0.25, 0.3) is 11.4 Å². The summed E-state index contributed by atoms with van der Waals surface area (Å²) < 4.78 is 2.06. The Bertz CT molecular complexity index is 774. The summed E-state index contributed by atoms with van der Waals surface area (Å²) in [6, 6.07) is 13.5. The molecule has 0 fully saturated rings. The maximum Gasteiger partial charge on any atom is 0.216 e. The van der Waals surface area contributed by atoms with E-state index in [-0.39, 0.29) is 0 Å². The fourth-order valence-corrected chi connectivity index (χ4v) is 1.93. The van der Waals surface area contributed by atoms with Gasteiger partial charge in [-0.1, -0.05) is 30.3 Å². The molecule has 0 unspecified atom stereocenters. The maximum absolute atomic E-state index is 5.21. The van der Waals surface area contributed by atoms with Gasteiger partial charge in [0.1, 0.15) is 0 Å². The summed E-state index contributed by atoms with van der Waals surface area (Å²) in [4.78, 5) is 3.97. The van der Waals surface area contributed by atoms with Gasteiger partial charge in [-0.2, -0.15) is 14.9 Å². The monoisotopic (exact) mass is 281 g/mol. The highest BCUT2D eigenvalue weighted by atomic mass is 32.1. The molecule has 0 atom stereocenters. The lowest BCUT2D eigenvalue weighted by atomic mass is 10.2. The van der Waals surface area contributed by atoms with Crippen molar-refractivity contribution in [3.8, 4) is 11.4 Å². The van der Waals surface area contributed by atoms with Crippen LogP contribution in [0.2, 0.25) is 0 Å². The van der Waals surface area contributed by atoms with E-state index >= 15 is 0 Å². The summed E-state index contributed by atoms with van der Waals surface area (Å²) in [6.45, 7) is 0. The molecule has 2 heterocycles. The first-order chi connectivity index (χ1) is 9.84. The zero-order valence-corrected chi connectivity index (χ0v) is 11.3. The van der Waals surface area contributed by atoms with Crippen LogP contribution in [0.15, 0.2) is 60.0 Å². The van der Waals surface area contributed by atoms with Crippen molar-refractivity contribution < 1.29 is 0 Å². The minimum atomic E-state index is 0.453. The standard InChI is InChI=1S/C14H11N5S/c20-14-18-17-13(12-4-2-1-3-5-12)19(14)16-10-11-6-8-15-9-7-11/h1-10H,(H,18,20)/b16-10-. The second kappa shape index (κ2) is 5.58. The number of rotatable bonds is 3. The average molecular weight is 281 g/mol. The van der Waals surface area contributed by atoms with Crippen LogP contribution in [0.1, 0.15) is 5.56 Å². The summed E-state index contributed by atoms with van der Waals surface area (Å²) >= 11 is 5.21. The number of pyridine rings is 1. The van der Waals surface area contributed by atoms with Gasteiger partial charge in [0.15, 0.2) is 5.82 Å². The van der Waals surface area contributed by atoms with E-state index < -0.39 is 0 Å². The SMILES string of the molecule is S=c1[nH]nc(-c2ccccc2)n1/N=C\c1ccncc1. The summed E-state index contributed by atoms with van der Waals surface area (Å²) in [6.07, 6.45) is 5.15. The van der Waals surface area contributed by atoms with Gasteiger partial charge in [0, 0.05) is 18.0 Å². The highest BCUT2D eigenvalue weighted by Crippen LogP contribution is 2.16. The minimum Gasteiger partial charge on any atom is -0.265 e. The lowest BCUT2D eigenvalue weighted by Crippen LogP contribution is -1.94. The van der Waals surface area contributed by atoms with Crippen molar-refractivity contribution in [3.63, 3.8) is 0 Å². The first-order valence-corrected chi connectivity index (χ1v) is 6.42. The summed E-state index contributed by atoms with van der Waals surface area (Å²) in [5.41, 5.74) is 1.90. The van der Waals surface area contributed by atoms with E-state index in [1.165, 1.54) is 0 Å². The largest absolute Gasteiger partial charge is 0.265 e. The zero-order chi connectivity index (χ0) is 13.8. The van der Waals surface area contributed by atoms with Crippen LogP contribution < -0.4 is 0 Å². The number of hydrogen-bond donors (Lipinski definition) is 1. The Morgan fingerprint density at radius 2 is 1.85 bits per heavy atom. The molecule has 0 spiro atoms. The number of nitrogens with one attached hydrogen (secondary N) is 1. The molecule has 0 bridgehead atoms. The van der Waals surface area contributed by atoms with Gasteiger partial charge in [-0.25, -0.2) is 5.10 Å².